The Balaban J connectivity index is 1.39. The molecule has 0 amide bonds. The fraction of sp³-hybridized carbons (Fsp3) is 0.474. The molecule has 6 rings (SSSR count). The van der Waals surface area contributed by atoms with Crippen LogP contribution in [-0.2, 0) is 45.8 Å². The largest absolute Gasteiger partial charge is 0.387 e. The number of nitrogens with zero attached hydrogens (tertiary/aromatic N) is 6. The quantitative estimate of drug-likeness (QED) is 0.110. The molecular weight excluding hydrogens is 627 g/mol. The Morgan fingerprint density at radius 2 is 2.10 bits per heavy atom. The third-order valence-electron chi connectivity index (χ3n) is 6.41. The van der Waals surface area contributed by atoms with Crippen molar-refractivity contribution >= 4 is 65.8 Å². The van der Waals surface area contributed by atoms with Crippen LogP contribution in [0.1, 0.15) is 25.0 Å². The fourth-order valence-electron chi connectivity index (χ4n) is 4.62. The van der Waals surface area contributed by atoms with E-state index in [1.54, 1.807) is 11.5 Å². The van der Waals surface area contributed by atoms with Gasteiger partial charge in [-0.15, -0.1) is 0 Å². The van der Waals surface area contributed by atoms with Gasteiger partial charge in [-0.3, -0.25) is 23.8 Å². The molecule has 220 valence electrons. The van der Waals surface area contributed by atoms with Crippen LogP contribution in [0, 0.1) is 0 Å². The molecule has 4 aromatic rings. The van der Waals surface area contributed by atoms with Gasteiger partial charge in [0.1, 0.15) is 30.4 Å². The highest BCUT2D eigenvalue weighted by atomic mass is 32.7. The van der Waals surface area contributed by atoms with Crippen molar-refractivity contribution in [2.75, 3.05) is 18.9 Å². The Kier molecular flexibility index (Phi) is 7.51. The number of nitrogens with two attached hydrogens (primary N) is 1. The molecule has 17 nitrogen and oxygen atoms in total. The molecule has 1 fully saturated rings. The summed E-state index contributed by atoms with van der Waals surface area (Å²) in [7, 11) is 0. The van der Waals surface area contributed by atoms with Crippen LogP contribution in [0.25, 0.3) is 22.3 Å². The molecular formula is C19H23FN9O8P2S2+. The molecule has 4 aromatic heterocycles. The van der Waals surface area contributed by atoms with E-state index in [9.17, 15) is 14.3 Å². The summed E-state index contributed by atoms with van der Waals surface area (Å²) < 4.78 is 60.2. The number of nitrogens with one attached hydrogen (secondary N) is 2. The zero-order valence-electron chi connectivity index (χ0n) is 20.9. The first-order chi connectivity index (χ1) is 19.4. The van der Waals surface area contributed by atoms with Crippen molar-refractivity contribution in [1.29, 1.82) is 0 Å². The van der Waals surface area contributed by atoms with Gasteiger partial charge < -0.3 is 29.0 Å². The molecule has 0 saturated carbocycles. The minimum absolute atomic E-state index is 0.00218. The van der Waals surface area contributed by atoms with Crippen molar-refractivity contribution in [2.24, 2.45) is 0 Å². The predicted octanol–water partition coefficient (Wildman–Crippen LogP) is 0.961. The average molecular weight is 651 g/mol. The van der Waals surface area contributed by atoms with Crippen molar-refractivity contribution in [2.45, 2.75) is 44.2 Å². The number of hydrogen-bond donors (Lipinski definition) is 5. The number of thiol groups is 1. The maximum absolute atomic E-state index is 15.9. The monoisotopic (exact) mass is 650 g/mol. The highest BCUT2D eigenvalue weighted by molar-refractivity contribution is 8.44. The van der Waals surface area contributed by atoms with E-state index in [1.165, 1.54) is 23.4 Å². The van der Waals surface area contributed by atoms with Crippen LogP contribution < -0.4 is 15.9 Å². The topological polar surface area (TPSA) is 218 Å². The molecule has 2 aliphatic heterocycles. The molecule has 0 spiro atoms. The zero-order valence-corrected chi connectivity index (χ0v) is 24.4. The van der Waals surface area contributed by atoms with Crippen LogP contribution in [0.5, 0.6) is 0 Å². The Labute approximate surface area is 239 Å². The molecule has 1 saturated heterocycles. The SMILES string of the molecule is C[C@H]1COP(O)(=S)OC[C@H]2O[C@@H]([n+]3c[nH]c4c(=O)[nH]c(N)nc43)[C@H](OP(=O)(S)OCc3nc4cncnc4n31)[C@@H]2F. The van der Waals surface area contributed by atoms with Gasteiger partial charge in [-0.1, -0.05) is 17.2 Å². The van der Waals surface area contributed by atoms with Gasteiger partial charge >= 0.3 is 19.2 Å². The highest BCUT2D eigenvalue weighted by Crippen LogP contribution is 2.57. The lowest BCUT2D eigenvalue weighted by atomic mass is 10.1. The van der Waals surface area contributed by atoms with E-state index in [0.29, 0.717) is 11.2 Å². The lowest BCUT2D eigenvalue weighted by Crippen LogP contribution is -2.46. The molecule has 0 radical (unpaired) electrons. The van der Waals surface area contributed by atoms with Crippen molar-refractivity contribution in [1.82, 2.24) is 34.5 Å². The van der Waals surface area contributed by atoms with E-state index >= 15 is 4.39 Å². The lowest BCUT2D eigenvalue weighted by Gasteiger charge is -2.23. The number of nitrogen functional groups attached to an aromatic ring is 1. The summed E-state index contributed by atoms with van der Waals surface area (Å²) in [5.74, 6) is 0.0379. The van der Waals surface area contributed by atoms with Gasteiger partial charge in [0.2, 0.25) is 11.7 Å². The Morgan fingerprint density at radius 3 is 2.90 bits per heavy atom. The van der Waals surface area contributed by atoms with Gasteiger partial charge in [-0.05, 0) is 18.7 Å². The van der Waals surface area contributed by atoms with Crippen LogP contribution >= 0.6 is 25.8 Å². The molecule has 41 heavy (non-hydrogen) atoms. The number of ether oxygens (including phenoxy) is 1. The molecule has 22 heteroatoms. The second-order valence-electron chi connectivity index (χ2n) is 9.19. The molecule has 2 aliphatic rings. The van der Waals surface area contributed by atoms with Gasteiger partial charge in [-0.25, -0.2) is 28.5 Å². The lowest BCUT2D eigenvalue weighted by molar-refractivity contribution is -0.744. The van der Waals surface area contributed by atoms with Gasteiger partial charge in [-0.2, -0.15) is 0 Å². The van der Waals surface area contributed by atoms with E-state index in [0.717, 1.165) is 0 Å². The van der Waals surface area contributed by atoms with Crippen LogP contribution in [-0.4, -0.2) is 71.0 Å². The minimum atomic E-state index is -4.31. The number of aromatic nitrogens is 8. The van der Waals surface area contributed by atoms with Gasteiger partial charge in [0.15, 0.2) is 24.3 Å². The third kappa shape index (κ3) is 5.56. The molecule has 2 bridgehead atoms. The van der Waals surface area contributed by atoms with Crippen LogP contribution in [0.2, 0.25) is 0 Å². The summed E-state index contributed by atoms with van der Waals surface area (Å²) in [6.07, 6.45) is -2.28. The van der Waals surface area contributed by atoms with Crippen molar-refractivity contribution in [3.05, 3.63) is 35.0 Å². The second kappa shape index (κ2) is 10.7. The van der Waals surface area contributed by atoms with Crippen molar-refractivity contribution < 1.29 is 41.2 Å². The normalized spacial score (nSPS) is 33.4. The third-order valence-corrected chi connectivity index (χ3v) is 9.59. The molecule has 5 N–H and O–H groups in total. The fourth-order valence-corrected chi connectivity index (χ4v) is 7.16. The van der Waals surface area contributed by atoms with Crippen molar-refractivity contribution in [3.8, 4) is 0 Å². The number of hydrogen-bond acceptors (Lipinski definition) is 13. The minimum Gasteiger partial charge on any atom is -0.355 e. The number of aromatic amines is 2. The number of imidazole rings is 2. The first-order valence-corrected chi connectivity index (χ1v) is 17.2. The second-order valence-corrected chi connectivity index (χ2v) is 14.9. The van der Waals surface area contributed by atoms with Crippen LogP contribution in [0.3, 0.4) is 0 Å². The van der Waals surface area contributed by atoms with E-state index in [1.807, 2.05) is 0 Å². The standard InChI is InChI=1S/C19H22FN9O8P2S2/c1-8-3-33-38(31,40)34-4-10-12(20)14(18(36-10)28-7-24-13-16(28)26-19(21)27-17(13)30)37-39(32,41)35-5-11-25-9-2-22-6-23-15(9)29(8)11/h2,6-8,10,12,14,18H,3-5H2,1H3,(H5,21,26,27,30,31,32,40,41)/p+1/t8-,10+,12+,14+,18+,38?,39?/m0/s1. The number of H-pyrrole nitrogens is 2. The Morgan fingerprint density at radius 1 is 1.32 bits per heavy atom. The maximum Gasteiger partial charge on any atom is 0.387 e. The number of halogens is 1. The average Bonchev–Trinajstić information content (AvgIpc) is 3.58. The maximum atomic E-state index is 15.9. The predicted molar refractivity (Wildman–Crippen MR) is 145 cm³/mol. The van der Waals surface area contributed by atoms with E-state index in [-0.39, 0.29) is 29.5 Å². The number of anilines is 1. The van der Waals surface area contributed by atoms with E-state index in [4.69, 9.17) is 40.4 Å². The van der Waals surface area contributed by atoms with E-state index in [2.05, 4.69) is 42.2 Å². The molecule has 2 unspecified atom stereocenters. The van der Waals surface area contributed by atoms with Crippen LogP contribution in [0.15, 0.2) is 23.6 Å². The smallest absolute Gasteiger partial charge is 0.355 e. The highest BCUT2D eigenvalue weighted by Gasteiger charge is 2.52. The van der Waals surface area contributed by atoms with Gasteiger partial charge in [0, 0.05) is 0 Å². The van der Waals surface area contributed by atoms with Gasteiger partial charge in [0.25, 0.3) is 11.5 Å². The first kappa shape index (κ1) is 28.7. The number of alkyl halides is 1. The Hall–Kier alpha value is -2.38. The summed E-state index contributed by atoms with van der Waals surface area (Å²) in [5.41, 5.74) is 5.95. The number of rotatable bonds is 1. The van der Waals surface area contributed by atoms with Crippen molar-refractivity contribution in [3.63, 3.8) is 0 Å². The van der Waals surface area contributed by atoms with Crippen LogP contribution in [0.4, 0.5) is 10.3 Å². The first-order valence-electron chi connectivity index (χ1n) is 11.9. The summed E-state index contributed by atoms with van der Waals surface area (Å²) in [4.78, 5) is 44.8. The van der Waals surface area contributed by atoms with Gasteiger partial charge in [0.05, 0.1) is 25.5 Å². The molecule has 6 heterocycles. The molecule has 7 atom stereocenters. The Bertz CT molecular complexity index is 1790. The summed E-state index contributed by atoms with van der Waals surface area (Å²) in [6, 6.07) is -0.510. The summed E-state index contributed by atoms with van der Waals surface area (Å²) in [6.45, 7) is -7.54. The van der Waals surface area contributed by atoms with E-state index < -0.39 is 62.9 Å². The zero-order chi connectivity index (χ0) is 29.1. The summed E-state index contributed by atoms with van der Waals surface area (Å²) >= 11 is 9.22. The molecule has 0 aliphatic carbocycles. The molecule has 0 aromatic carbocycles. The summed E-state index contributed by atoms with van der Waals surface area (Å²) in [5, 5.41) is 0. The number of fused-ring (bicyclic) bond motifs is 6.